The Kier molecular flexibility index (Phi) is 7.68. The minimum atomic E-state index is -1.02. The van der Waals surface area contributed by atoms with Crippen LogP contribution in [0.2, 0.25) is 5.02 Å². The van der Waals surface area contributed by atoms with Crippen molar-refractivity contribution in [2.75, 3.05) is 20.8 Å². The molecule has 0 radical (unpaired) electrons. The Hall–Kier alpha value is -3.38. The van der Waals surface area contributed by atoms with Crippen LogP contribution in [0.15, 0.2) is 59.8 Å². The molecule has 0 saturated carbocycles. The summed E-state index contributed by atoms with van der Waals surface area (Å²) in [6, 6.07) is 15.6. The maximum absolute atomic E-state index is 11.5. The molecule has 3 N–H and O–H groups in total. The van der Waals surface area contributed by atoms with E-state index in [1.54, 1.807) is 33.2 Å². The van der Waals surface area contributed by atoms with Gasteiger partial charge in [-0.1, -0.05) is 35.5 Å². The number of thioether (sulfide) groups is 1. The standard InChI is InChI=1S/C27H30ClN5O5S/c1-27(2,25(34)35)39-26-29-31-33(30-26)14-12-21-20-8-6-13-32(20)19-11-10-16(28)15-18(19)23(38-21)17-7-5-9-22(36-3)24(17)37-4/h5-11,13,15,21,23,31H,12,14H2,1-4H3,(H,29,30)(H,34,35)/t21-,23-/m1/s1. The van der Waals surface area contributed by atoms with Gasteiger partial charge in [-0.05, 0) is 56.7 Å². The second-order valence-corrected chi connectivity index (χ2v) is 11.6. The minimum Gasteiger partial charge on any atom is -0.493 e. The zero-order valence-corrected chi connectivity index (χ0v) is 23.5. The number of hydrogen-bond donors (Lipinski definition) is 3. The van der Waals surface area contributed by atoms with Gasteiger partial charge >= 0.3 is 5.97 Å². The van der Waals surface area contributed by atoms with Crippen molar-refractivity contribution in [3.63, 3.8) is 0 Å². The summed E-state index contributed by atoms with van der Waals surface area (Å²) in [6.45, 7) is 3.78. The van der Waals surface area contributed by atoms with Gasteiger partial charge in [-0.2, -0.15) is 0 Å². The van der Waals surface area contributed by atoms with Gasteiger partial charge < -0.3 is 23.9 Å². The van der Waals surface area contributed by atoms with Gasteiger partial charge in [0.2, 0.25) is 0 Å². The summed E-state index contributed by atoms with van der Waals surface area (Å²) in [5.74, 6) is 0.293. The van der Waals surface area contributed by atoms with Crippen molar-refractivity contribution in [1.82, 2.24) is 20.6 Å². The minimum absolute atomic E-state index is 0.317. The van der Waals surface area contributed by atoms with Gasteiger partial charge in [0.05, 0.1) is 25.6 Å². The van der Waals surface area contributed by atoms with E-state index in [0.717, 1.165) is 34.3 Å². The molecular weight excluding hydrogens is 542 g/mol. The molecule has 3 heterocycles. The molecule has 39 heavy (non-hydrogen) atoms. The van der Waals surface area contributed by atoms with Gasteiger partial charge in [0, 0.05) is 28.9 Å². The van der Waals surface area contributed by atoms with Crippen LogP contribution >= 0.6 is 23.4 Å². The number of nitrogens with zero attached hydrogens (tertiary/aromatic N) is 3. The first-order valence-corrected chi connectivity index (χ1v) is 13.5. The van der Waals surface area contributed by atoms with Crippen LogP contribution in [0.1, 0.15) is 49.3 Å². The van der Waals surface area contributed by atoms with Gasteiger partial charge in [0.25, 0.3) is 0 Å². The lowest BCUT2D eigenvalue weighted by Crippen LogP contribution is -2.43. The molecule has 206 valence electrons. The molecular formula is C27H30ClN5O5S. The lowest BCUT2D eigenvalue weighted by Gasteiger charge is -2.26. The molecule has 1 aromatic heterocycles. The second kappa shape index (κ2) is 11.0. The molecule has 0 aliphatic carbocycles. The van der Waals surface area contributed by atoms with Crippen LogP contribution in [-0.2, 0) is 9.53 Å². The zero-order chi connectivity index (χ0) is 27.7. The first kappa shape index (κ1) is 27.2. The van der Waals surface area contributed by atoms with Gasteiger partial charge in [-0.3, -0.25) is 10.2 Å². The largest absolute Gasteiger partial charge is 0.493 e. The van der Waals surface area contributed by atoms with Crippen molar-refractivity contribution in [3.8, 4) is 17.2 Å². The Labute approximate surface area is 235 Å². The number of nitrogens with one attached hydrogen (secondary N) is 2. The van der Waals surface area contributed by atoms with Gasteiger partial charge in [-0.15, -0.1) is 10.2 Å². The normalized spacial score (nSPS) is 18.7. The number of carboxylic acid groups (broad SMARTS) is 1. The van der Waals surface area contributed by atoms with Crippen LogP contribution < -0.4 is 20.4 Å². The van der Waals surface area contributed by atoms with Crippen LogP contribution in [0, 0.1) is 0 Å². The highest BCUT2D eigenvalue weighted by atomic mass is 35.5. The number of hydrazone groups is 1. The molecule has 0 spiro atoms. The smallest absolute Gasteiger partial charge is 0.319 e. The maximum Gasteiger partial charge on any atom is 0.319 e. The Morgan fingerprint density at radius 3 is 2.74 bits per heavy atom. The van der Waals surface area contributed by atoms with Crippen molar-refractivity contribution in [3.05, 3.63) is 76.6 Å². The number of benzene rings is 2. The molecule has 2 aliphatic heterocycles. The fraction of sp³-hybridized carbons (Fsp3) is 0.333. The molecule has 0 amide bonds. The van der Waals surface area contributed by atoms with Crippen molar-refractivity contribution in [2.24, 2.45) is 5.10 Å². The third-order valence-electron chi connectivity index (χ3n) is 6.64. The van der Waals surface area contributed by atoms with Crippen molar-refractivity contribution in [2.45, 2.75) is 37.2 Å². The van der Waals surface area contributed by atoms with E-state index in [-0.39, 0.29) is 6.10 Å². The molecule has 2 atom stereocenters. The van der Waals surface area contributed by atoms with Crippen molar-refractivity contribution < 1.29 is 24.1 Å². The molecule has 0 unspecified atom stereocenters. The summed E-state index contributed by atoms with van der Waals surface area (Å²) in [5.41, 5.74) is 9.74. The number of ether oxygens (including phenoxy) is 3. The summed E-state index contributed by atoms with van der Waals surface area (Å²) in [7, 11) is 3.22. The average molecular weight is 572 g/mol. The number of aliphatic carboxylic acids is 1. The molecule has 0 saturated heterocycles. The fourth-order valence-electron chi connectivity index (χ4n) is 4.67. The van der Waals surface area contributed by atoms with E-state index in [2.05, 4.69) is 20.6 Å². The molecule has 3 aromatic rings. The number of carboxylic acids is 1. The van der Waals surface area contributed by atoms with E-state index in [1.807, 2.05) is 54.7 Å². The lowest BCUT2D eigenvalue weighted by atomic mass is 9.98. The zero-order valence-electron chi connectivity index (χ0n) is 22.0. The monoisotopic (exact) mass is 571 g/mol. The van der Waals surface area contributed by atoms with Crippen LogP contribution in [0.5, 0.6) is 11.5 Å². The number of amidine groups is 1. The fourth-order valence-corrected chi connectivity index (χ4v) is 5.66. The number of aromatic nitrogens is 1. The SMILES string of the molecule is COc1cccc([C@H]2O[C@H](CCN3NN=C(SC(C)(C)C(=O)O)N3)c3cccn3-c3ccc(Cl)cc32)c1OC. The first-order chi connectivity index (χ1) is 18.7. The average Bonchev–Trinajstić information content (AvgIpc) is 3.55. The third-order valence-corrected chi connectivity index (χ3v) is 7.94. The topological polar surface area (TPSA) is 110 Å². The van der Waals surface area contributed by atoms with E-state index in [4.69, 9.17) is 25.8 Å². The highest BCUT2D eigenvalue weighted by Crippen LogP contribution is 2.46. The number of fused-ring (bicyclic) bond motifs is 3. The van der Waals surface area contributed by atoms with Crippen LogP contribution in [0.3, 0.4) is 0 Å². The van der Waals surface area contributed by atoms with Crippen LogP contribution in [0.25, 0.3) is 5.69 Å². The molecule has 0 bridgehead atoms. The second-order valence-electron chi connectivity index (χ2n) is 9.58. The summed E-state index contributed by atoms with van der Waals surface area (Å²) in [4.78, 5) is 11.5. The Morgan fingerprint density at radius 2 is 2.00 bits per heavy atom. The Balaban J connectivity index is 1.43. The Bertz CT molecular complexity index is 1410. The predicted octanol–water partition coefficient (Wildman–Crippen LogP) is 4.89. The number of methoxy groups -OCH3 is 2. The molecule has 5 rings (SSSR count). The highest BCUT2D eigenvalue weighted by molar-refractivity contribution is 8.15. The number of halogens is 1. The molecule has 12 heteroatoms. The van der Waals surface area contributed by atoms with E-state index >= 15 is 0 Å². The van der Waals surface area contributed by atoms with E-state index < -0.39 is 16.8 Å². The number of rotatable bonds is 8. The van der Waals surface area contributed by atoms with Crippen molar-refractivity contribution >= 4 is 34.5 Å². The van der Waals surface area contributed by atoms with E-state index in [0.29, 0.717) is 34.7 Å². The van der Waals surface area contributed by atoms with Crippen LogP contribution in [-0.4, -0.2) is 51.4 Å². The number of hydrogen-bond acceptors (Lipinski definition) is 9. The number of carbonyl (C=O) groups is 1. The maximum atomic E-state index is 11.5. The van der Waals surface area contributed by atoms with E-state index in [1.165, 1.54) is 0 Å². The highest BCUT2D eigenvalue weighted by Gasteiger charge is 2.35. The van der Waals surface area contributed by atoms with Crippen molar-refractivity contribution in [1.29, 1.82) is 0 Å². The van der Waals surface area contributed by atoms with Gasteiger partial charge in [0.15, 0.2) is 16.7 Å². The molecule has 0 fully saturated rings. The molecule has 2 aromatic carbocycles. The molecule has 10 nitrogen and oxygen atoms in total. The summed E-state index contributed by atoms with van der Waals surface area (Å²) >= 11 is 7.62. The predicted molar refractivity (Wildman–Crippen MR) is 150 cm³/mol. The molecule has 2 aliphatic rings. The van der Waals surface area contributed by atoms with E-state index in [9.17, 15) is 9.90 Å². The summed E-state index contributed by atoms with van der Waals surface area (Å²) < 4.78 is 19.3. The number of hydrazine groups is 2. The lowest BCUT2D eigenvalue weighted by molar-refractivity contribution is -0.138. The summed E-state index contributed by atoms with van der Waals surface area (Å²) in [5, 5.41) is 16.5. The van der Waals surface area contributed by atoms with Gasteiger partial charge in [-0.25, -0.2) is 5.53 Å². The number of para-hydroxylation sites is 1. The van der Waals surface area contributed by atoms with Crippen LogP contribution in [0.4, 0.5) is 0 Å². The first-order valence-electron chi connectivity index (χ1n) is 12.3. The van der Waals surface area contributed by atoms with Gasteiger partial charge in [0.1, 0.15) is 17.0 Å². The summed E-state index contributed by atoms with van der Waals surface area (Å²) in [6.07, 6.45) is 1.79. The Morgan fingerprint density at radius 1 is 1.18 bits per heavy atom. The quantitative estimate of drug-likeness (QED) is 0.348. The third kappa shape index (κ3) is 5.40.